The van der Waals surface area contributed by atoms with Crippen LogP contribution in [0.2, 0.25) is 5.02 Å². The van der Waals surface area contributed by atoms with Gasteiger partial charge < -0.3 is 10.6 Å². The zero-order valence-electron chi connectivity index (χ0n) is 15.9. The number of amides is 2. The minimum atomic E-state index is -0.215. The van der Waals surface area contributed by atoms with Crippen LogP contribution < -0.4 is 10.6 Å². The third kappa shape index (κ3) is 6.06. The standard InChI is InChI=1S/C22H26ClN3O2/c23-18-7-5-6-16(14-18)10-12-25-21(27)17-11-13-24-20(15-17)22(28)26-19-8-3-1-2-4-9-19/h5-7,11,13-15,19H,1-4,8-10,12H2,(H,25,27)(H,26,28). The van der Waals surface area contributed by atoms with Gasteiger partial charge in [-0.05, 0) is 49.1 Å². The molecule has 5 nitrogen and oxygen atoms in total. The zero-order chi connectivity index (χ0) is 19.8. The van der Waals surface area contributed by atoms with E-state index < -0.39 is 0 Å². The van der Waals surface area contributed by atoms with Gasteiger partial charge in [-0.3, -0.25) is 14.6 Å². The predicted molar refractivity (Wildman–Crippen MR) is 111 cm³/mol. The molecule has 1 heterocycles. The summed E-state index contributed by atoms with van der Waals surface area (Å²) in [5, 5.41) is 6.63. The molecule has 0 saturated heterocycles. The fourth-order valence-electron chi connectivity index (χ4n) is 3.49. The van der Waals surface area contributed by atoms with Gasteiger partial charge in [0.05, 0.1) is 0 Å². The molecule has 2 N–H and O–H groups in total. The van der Waals surface area contributed by atoms with E-state index in [1.165, 1.54) is 19.0 Å². The zero-order valence-corrected chi connectivity index (χ0v) is 16.7. The number of pyridine rings is 1. The van der Waals surface area contributed by atoms with Gasteiger partial charge in [-0.25, -0.2) is 0 Å². The lowest BCUT2D eigenvalue weighted by atomic mass is 10.1. The van der Waals surface area contributed by atoms with Crippen LogP contribution in [0, 0.1) is 0 Å². The highest BCUT2D eigenvalue weighted by molar-refractivity contribution is 6.30. The first kappa shape index (κ1) is 20.3. The van der Waals surface area contributed by atoms with E-state index in [9.17, 15) is 9.59 Å². The van der Waals surface area contributed by atoms with Crippen molar-refractivity contribution in [1.82, 2.24) is 15.6 Å². The number of carbonyl (C=O) groups excluding carboxylic acids is 2. The van der Waals surface area contributed by atoms with Gasteiger partial charge in [0.1, 0.15) is 5.69 Å². The summed E-state index contributed by atoms with van der Waals surface area (Å²) in [6.07, 6.45) is 8.97. The molecule has 0 spiro atoms. The van der Waals surface area contributed by atoms with Gasteiger partial charge in [-0.2, -0.15) is 0 Å². The summed E-state index contributed by atoms with van der Waals surface area (Å²) >= 11 is 5.98. The molecule has 1 aliphatic rings. The Morgan fingerprint density at radius 1 is 1.04 bits per heavy atom. The van der Waals surface area contributed by atoms with E-state index in [0.29, 0.717) is 23.6 Å². The van der Waals surface area contributed by atoms with E-state index in [2.05, 4.69) is 15.6 Å². The van der Waals surface area contributed by atoms with Crippen molar-refractivity contribution in [3.8, 4) is 0 Å². The molecular formula is C22H26ClN3O2. The van der Waals surface area contributed by atoms with Crippen molar-refractivity contribution >= 4 is 23.4 Å². The summed E-state index contributed by atoms with van der Waals surface area (Å²) in [6.45, 7) is 0.491. The molecule has 0 aliphatic heterocycles. The smallest absolute Gasteiger partial charge is 0.270 e. The number of nitrogens with zero attached hydrogens (tertiary/aromatic N) is 1. The van der Waals surface area contributed by atoms with Gasteiger partial charge in [0.2, 0.25) is 0 Å². The Hall–Kier alpha value is -2.40. The summed E-state index contributed by atoms with van der Waals surface area (Å²) in [4.78, 5) is 29.1. The second kappa shape index (κ2) is 10.2. The lowest BCUT2D eigenvalue weighted by molar-refractivity contribution is 0.0928. The number of carbonyl (C=O) groups is 2. The minimum Gasteiger partial charge on any atom is -0.352 e. The van der Waals surface area contributed by atoms with Crippen molar-refractivity contribution in [1.29, 1.82) is 0 Å². The summed E-state index contributed by atoms with van der Waals surface area (Å²) in [5.74, 6) is -0.423. The molecule has 0 radical (unpaired) electrons. The third-order valence-corrected chi connectivity index (χ3v) is 5.27. The SMILES string of the molecule is O=C(NCCc1cccc(Cl)c1)c1ccnc(C(=O)NC2CCCCCC2)c1. The number of hydrogen-bond acceptors (Lipinski definition) is 3. The van der Waals surface area contributed by atoms with Crippen molar-refractivity contribution in [3.05, 3.63) is 64.4 Å². The maximum Gasteiger partial charge on any atom is 0.270 e. The summed E-state index contributed by atoms with van der Waals surface area (Å²) < 4.78 is 0. The van der Waals surface area contributed by atoms with Crippen molar-refractivity contribution in [2.24, 2.45) is 0 Å². The second-order valence-electron chi connectivity index (χ2n) is 7.23. The molecule has 3 rings (SSSR count). The monoisotopic (exact) mass is 399 g/mol. The average Bonchev–Trinajstić information content (AvgIpc) is 2.97. The molecule has 1 saturated carbocycles. The van der Waals surface area contributed by atoms with Crippen molar-refractivity contribution in [3.63, 3.8) is 0 Å². The molecule has 1 aromatic carbocycles. The minimum absolute atomic E-state index is 0.201. The number of aromatic nitrogens is 1. The molecule has 0 unspecified atom stereocenters. The van der Waals surface area contributed by atoms with Crippen molar-refractivity contribution in [2.45, 2.75) is 51.0 Å². The molecule has 0 atom stereocenters. The van der Waals surface area contributed by atoms with Gasteiger partial charge >= 0.3 is 0 Å². The number of nitrogens with one attached hydrogen (secondary N) is 2. The highest BCUT2D eigenvalue weighted by atomic mass is 35.5. The fourth-order valence-corrected chi connectivity index (χ4v) is 3.71. The Bertz CT molecular complexity index is 817. The number of rotatable bonds is 6. The Morgan fingerprint density at radius 2 is 1.82 bits per heavy atom. The summed E-state index contributed by atoms with van der Waals surface area (Å²) in [6, 6.07) is 10.9. The van der Waals surface area contributed by atoms with Gasteiger partial charge in [0.15, 0.2) is 0 Å². The van der Waals surface area contributed by atoms with Gasteiger partial charge in [0, 0.05) is 29.4 Å². The maximum absolute atomic E-state index is 12.5. The van der Waals surface area contributed by atoms with Crippen LogP contribution in [0.25, 0.3) is 0 Å². The molecule has 2 amide bonds. The van der Waals surface area contributed by atoms with E-state index in [-0.39, 0.29) is 23.6 Å². The topological polar surface area (TPSA) is 71.1 Å². The van der Waals surface area contributed by atoms with Crippen LogP contribution in [0.3, 0.4) is 0 Å². The quantitative estimate of drug-likeness (QED) is 0.716. The lowest BCUT2D eigenvalue weighted by Gasteiger charge is -2.16. The molecule has 148 valence electrons. The van der Waals surface area contributed by atoms with E-state index >= 15 is 0 Å². The van der Waals surface area contributed by atoms with E-state index in [0.717, 1.165) is 31.2 Å². The van der Waals surface area contributed by atoms with Crippen LogP contribution in [-0.4, -0.2) is 29.4 Å². The Kier molecular flexibility index (Phi) is 7.43. The van der Waals surface area contributed by atoms with Gasteiger partial charge in [-0.1, -0.05) is 49.4 Å². The van der Waals surface area contributed by atoms with Crippen molar-refractivity contribution < 1.29 is 9.59 Å². The third-order valence-electron chi connectivity index (χ3n) is 5.03. The molecule has 1 fully saturated rings. The second-order valence-corrected chi connectivity index (χ2v) is 7.66. The molecular weight excluding hydrogens is 374 g/mol. The first-order valence-electron chi connectivity index (χ1n) is 9.91. The summed E-state index contributed by atoms with van der Waals surface area (Å²) in [7, 11) is 0. The highest BCUT2D eigenvalue weighted by Crippen LogP contribution is 2.17. The summed E-state index contributed by atoms with van der Waals surface area (Å²) in [5.41, 5.74) is 1.78. The van der Waals surface area contributed by atoms with Crippen LogP contribution in [0.15, 0.2) is 42.6 Å². The van der Waals surface area contributed by atoms with Crippen LogP contribution >= 0.6 is 11.6 Å². The predicted octanol–water partition coefficient (Wildman–Crippen LogP) is 4.16. The van der Waals surface area contributed by atoms with Crippen LogP contribution in [0.1, 0.15) is 64.9 Å². The fraction of sp³-hybridized carbons (Fsp3) is 0.409. The first-order valence-corrected chi connectivity index (χ1v) is 10.3. The van der Waals surface area contributed by atoms with E-state index in [1.807, 2.05) is 24.3 Å². The molecule has 28 heavy (non-hydrogen) atoms. The first-order chi connectivity index (χ1) is 13.6. The normalized spacial score (nSPS) is 14.9. The molecule has 2 aromatic rings. The molecule has 1 aliphatic carbocycles. The van der Waals surface area contributed by atoms with Crippen LogP contribution in [0.4, 0.5) is 0 Å². The van der Waals surface area contributed by atoms with Crippen molar-refractivity contribution in [2.75, 3.05) is 6.54 Å². The van der Waals surface area contributed by atoms with E-state index in [4.69, 9.17) is 11.6 Å². The van der Waals surface area contributed by atoms with E-state index in [1.54, 1.807) is 12.1 Å². The number of halogens is 1. The Morgan fingerprint density at radius 3 is 2.57 bits per heavy atom. The largest absolute Gasteiger partial charge is 0.352 e. The Labute approximate surface area is 170 Å². The lowest BCUT2D eigenvalue weighted by Crippen LogP contribution is -2.35. The van der Waals surface area contributed by atoms with Gasteiger partial charge in [0.25, 0.3) is 11.8 Å². The molecule has 6 heteroatoms. The van der Waals surface area contributed by atoms with Crippen LogP contribution in [-0.2, 0) is 6.42 Å². The Balaban J connectivity index is 1.54. The average molecular weight is 400 g/mol. The molecule has 0 bridgehead atoms. The maximum atomic E-state index is 12.5. The van der Waals surface area contributed by atoms with Gasteiger partial charge in [-0.15, -0.1) is 0 Å². The molecule has 1 aromatic heterocycles. The number of benzene rings is 1. The number of hydrogen-bond donors (Lipinski definition) is 2. The highest BCUT2D eigenvalue weighted by Gasteiger charge is 2.17. The van der Waals surface area contributed by atoms with Crippen LogP contribution in [0.5, 0.6) is 0 Å².